The number of nitrogens with one attached hydrogen (secondary N) is 3. The van der Waals surface area contributed by atoms with Crippen molar-refractivity contribution >= 4 is 44.7 Å². The van der Waals surface area contributed by atoms with E-state index in [1.54, 1.807) is 0 Å². The fourth-order valence-corrected chi connectivity index (χ4v) is 2.55. The number of carbonyl (C=O) groups excluding carboxylic acids is 1. The van der Waals surface area contributed by atoms with Crippen molar-refractivity contribution in [2.45, 2.75) is 0 Å². The number of benzene rings is 3. The highest BCUT2D eigenvalue weighted by Crippen LogP contribution is 2.26. The summed E-state index contributed by atoms with van der Waals surface area (Å²) in [6, 6.07) is 24.5. The van der Waals surface area contributed by atoms with Gasteiger partial charge in [0.2, 0.25) is 0 Å². The van der Waals surface area contributed by atoms with E-state index in [1.165, 1.54) is 0 Å². The third kappa shape index (κ3) is 4.36. The van der Waals surface area contributed by atoms with Gasteiger partial charge in [-0.15, -0.1) is 0 Å². The standard InChI is InChI=1S/C19H16BrN3O/c20-17-8-4-5-9-18(17)21-15-10-12-16(13-11-15)23-19(24)22-14-6-2-1-3-7-14/h1-13,21H,(H2,22,23,24). The van der Waals surface area contributed by atoms with Gasteiger partial charge >= 0.3 is 6.03 Å². The molecule has 0 spiro atoms. The molecule has 0 atom stereocenters. The second kappa shape index (κ2) is 7.66. The van der Waals surface area contributed by atoms with Crippen molar-refractivity contribution < 1.29 is 4.79 Å². The maximum atomic E-state index is 12.0. The molecule has 0 aromatic heterocycles. The molecule has 3 N–H and O–H groups in total. The first kappa shape index (κ1) is 16.1. The third-order valence-electron chi connectivity index (χ3n) is 3.33. The van der Waals surface area contributed by atoms with Crippen molar-refractivity contribution in [1.82, 2.24) is 0 Å². The van der Waals surface area contributed by atoms with E-state index in [9.17, 15) is 4.79 Å². The maximum absolute atomic E-state index is 12.0. The van der Waals surface area contributed by atoms with E-state index in [4.69, 9.17) is 0 Å². The first-order valence-corrected chi connectivity index (χ1v) is 8.25. The quantitative estimate of drug-likeness (QED) is 0.531. The highest BCUT2D eigenvalue weighted by molar-refractivity contribution is 9.10. The zero-order valence-electron chi connectivity index (χ0n) is 12.8. The molecule has 0 fully saturated rings. The van der Waals surface area contributed by atoms with Gasteiger partial charge in [-0.1, -0.05) is 30.3 Å². The molecule has 0 aliphatic carbocycles. The van der Waals surface area contributed by atoms with Crippen molar-refractivity contribution in [1.29, 1.82) is 0 Å². The van der Waals surface area contributed by atoms with Crippen LogP contribution in [0.4, 0.5) is 27.5 Å². The lowest BCUT2D eigenvalue weighted by atomic mass is 10.2. The van der Waals surface area contributed by atoms with Crippen molar-refractivity contribution in [2.24, 2.45) is 0 Å². The minimum Gasteiger partial charge on any atom is -0.355 e. The summed E-state index contributed by atoms with van der Waals surface area (Å²) in [5.41, 5.74) is 3.40. The average molecular weight is 382 g/mol. The van der Waals surface area contributed by atoms with Crippen LogP contribution in [-0.2, 0) is 0 Å². The summed E-state index contributed by atoms with van der Waals surface area (Å²) in [5, 5.41) is 8.90. The predicted molar refractivity (Wildman–Crippen MR) is 103 cm³/mol. The van der Waals surface area contributed by atoms with Gasteiger partial charge < -0.3 is 16.0 Å². The van der Waals surface area contributed by atoms with Gasteiger partial charge in [-0.2, -0.15) is 0 Å². The Hall–Kier alpha value is -2.79. The van der Waals surface area contributed by atoms with Gasteiger partial charge in [-0.3, -0.25) is 0 Å². The SMILES string of the molecule is O=C(Nc1ccccc1)Nc1ccc(Nc2ccccc2Br)cc1. The van der Waals surface area contributed by atoms with E-state index in [0.717, 1.165) is 27.2 Å². The Bertz CT molecular complexity index is 820. The van der Waals surface area contributed by atoms with E-state index in [1.807, 2.05) is 78.9 Å². The number of rotatable bonds is 4. The fourth-order valence-electron chi connectivity index (χ4n) is 2.17. The molecule has 4 nitrogen and oxygen atoms in total. The topological polar surface area (TPSA) is 53.2 Å². The smallest absolute Gasteiger partial charge is 0.323 e. The van der Waals surface area contributed by atoms with Crippen molar-refractivity contribution in [3.63, 3.8) is 0 Å². The molecule has 0 saturated carbocycles. The Labute approximate surface area is 149 Å². The zero-order valence-corrected chi connectivity index (χ0v) is 14.4. The summed E-state index contributed by atoms with van der Waals surface area (Å²) in [6.45, 7) is 0. The minimum absolute atomic E-state index is 0.271. The van der Waals surface area contributed by atoms with E-state index in [-0.39, 0.29) is 6.03 Å². The van der Waals surface area contributed by atoms with Crippen LogP contribution >= 0.6 is 15.9 Å². The number of anilines is 4. The maximum Gasteiger partial charge on any atom is 0.323 e. The van der Waals surface area contributed by atoms with E-state index >= 15 is 0 Å². The van der Waals surface area contributed by atoms with Crippen LogP contribution in [0.2, 0.25) is 0 Å². The Balaban J connectivity index is 1.60. The molecule has 2 amide bonds. The van der Waals surface area contributed by atoms with Crippen molar-refractivity contribution in [3.8, 4) is 0 Å². The molecule has 0 saturated heterocycles. The van der Waals surface area contributed by atoms with Gasteiger partial charge in [0.05, 0.1) is 5.69 Å². The van der Waals surface area contributed by atoms with Crippen LogP contribution in [0.25, 0.3) is 0 Å². The zero-order chi connectivity index (χ0) is 16.8. The molecule has 0 unspecified atom stereocenters. The van der Waals surface area contributed by atoms with Crippen LogP contribution < -0.4 is 16.0 Å². The minimum atomic E-state index is -0.271. The molecule has 0 radical (unpaired) electrons. The molecule has 3 aromatic carbocycles. The molecular formula is C19H16BrN3O. The number of hydrogen-bond donors (Lipinski definition) is 3. The number of para-hydroxylation sites is 2. The number of carbonyl (C=O) groups is 1. The summed E-state index contributed by atoms with van der Waals surface area (Å²) in [4.78, 5) is 12.0. The Morgan fingerprint density at radius 2 is 1.21 bits per heavy atom. The Kier molecular flexibility index (Phi) is 5.13. The molecule has 0 aliphatic rings. The van der Waals surface area contributed by atoms with Gasteiger partial charge in [0, 0.05) is 21.5 Å². The van der Waals surface area contributed by atoms with Gasteiger partial charge in [-0.05, 0) is 64.5 Å². The Morgan fingerprint density at radius 1 is 0.667 bits per heavy atom. The van der Waals surface area contributed by atoms with E-state index in [2.05, 4.69) is 31.9 Å². The van der Waals surface area contributed by atoms with Crippen LogP contribution in [0.1, 0.15) is 0 Å². The summed E-state index contributed by atoms with van der Waals surface area (Å²) >= 11 is 3.50. The fraction of sp³-hybridized carbons (Fsp3) is 0. The second-order valence-corrected chi connectivity index (χ2v) is 5.98. The van der Waals surface area contributed by atoms with Crippen LogP contribution in [0.15, 0.2) is 83.3 Å². The number of amides is 2. The first-order valence-electron chi connectivity index (χ1n) is 7.45. The van der Waals surface area contributed by atoms with Crippen LogP contribution in [-0.4, -0.2) is 6.03 Å². The molecule has 0 aliphatic heterocycles. The first-order chi connectivity index (χ1) is 11.7. The average Bonchev–Trinajstić information content (AvgIpc) is 2.59. The predicted octanol–water partition coefficient (Wildman–Crippen LogP) is 5.84. The molecule has 3 rings (SSSR count). The summed E-state index contributed by atoms with van der Waals surface area (Å²) in [6.07, 6.45) is 0. The van der Waals surface area contributed by atoms with Gasteiger partial charge in [-0.25, -0.2) is 4.79 Å². The molecule has 24 heavy (non-hydrogen) atoms. The lowest BCUT2D eigenvalue weighted by Gasteiger charge is -2.10. The van der Waals surface area contributed by atoms with Crippen LogP contribution in [0.5, 0.6) is 0 Å². The lowest BCUT2D eigenvalue weighted by Crippen LogP contribution is -2.19. The lowest BCUT2D eigenvalue weighted by molar-refractivity contribution is 0.262. The number of hydrogen-bond acceptors (Lipinski definition) is 2. The van der Waals surface area contributed by atoms with Crippen molar-refractivity contribution in [3.05, 3.63) is 83.3 Å². The molecule has 0 bridgehead atoms. The molecular weight excluding hydrogens is 366 g/mol. The van der Waals surface area contributed by atoms with Crippen molar-refractivity contribution in [2.75, 3.05) is 16.0 Å². The van der Waals surface area contributed by atoms with E-state index in [0.29, 0.717) is 0 Å². The third-order valence-corrected chi connectivity index (χ3v) is 4.02. The Morgan fingerprint density at radius 3 is 1.88 bits per heavy atom. The van der Waals surface area contributed by atoms with Gasteiger partial charge in [0.15, 0.2) is 0 Å². The second-order valence-electron chi connectivity index (χ2n) is 5.13. The number of urea groups is 1. The summed E-state index contributed by atoms with van der Waals surface area (Å²) in [7, 11) is 0. The van der Waals surface area contributed by atoms with E-state index < -0.39 is 0 Å². The molecule has 3 aromatic rings. The largest absolute Gasteiger partial charge is 0.355 e. The molecule has 5 heteroatoms. The van der Waals surface area contributed by atoms with Gasteiger partial charge in [0.25, 0.3) is 0 Å². The monoisotopic (exact) mass is 381 g/mol. The van der Waals surface area contributed by atoms with Crippen LogP contribution in [0, 0.1) is 0 Å². The normalized spacial score (nSPS) is 10.0. The van der Waals surface area contributed by atoms with Gasteiger partial charge in [0.1, 0.15) is 0 Å². The molecule has 120 valence electrons. The summed E-state index contributed by atoms with van der Waals surface area (Å²) in [5.74, 6) is 0. The van der Waals surface area contributed by atoms with Crippen LogP contribution in [0.3, 0.4) is 0 Å². The molecule has 0 heterocycles. The number of halogens is 1. The highest BCUT2D eigenvalue weighted by atomic mass is 79.9. The highest BCUT2D eigenvalue weighted by Gasteiger charge is 2.03. The summed E-state index contributed by atoms with van der Waals surface area (Å²) < 4.78 is 0.995.